The molecule has 0 aliphatic heterocycles. The molecule has 146 valence electrons. The third-order valence-corrected chi connectivity index (χ3v) is 6.59. The molecule has 1 amide bonds. The number of amides is 1. The average Bonchev–Trinajstić information content (AvgIpc) is 2.81. The number of aliphatic hydroxyl groups is 2. The van der Waals surface area contributed by atoms with Crippen LogP contribution in [0.1, 0.15) is 59.3 Å². The second kappa shape index (κ2) is 7.06. The van der Waals surface area contributed by atoms with E-state index in [0.717, 1.165) is 32.1 Å². The zero-order chi connectivity index (χ0) is 19.0. The van der Waals surface area contributed by atoms with Crippen LogP contribution >= 0.6 is 0 Å². The second-order valence-corrected chi connectivity index (χ2v) is 8.49. The quantitative estimate of drug-likeness (QED) is 0.701. The number of alkyl halides is 3. The lowest BCUT2D eigenvalue weighted by Gasteiger charge is -2.45. The molecule has 7 heteroatoms. The zero-order valence-electron chi connectivity index (χ0n) is 15.2. The molecule has 6 atom stereocenters. The molecule has 0 heterocycles. The van der Waals surface area contributed by atoms with Gasteiger partial charge < -0.3 is 15.5 Å². The lowest BCUT2D eigenvalue weighted by atomic mass is 9.62. The van der Waals surface area contributed by atoms with Gasteiger partial charge in [0.1, 0.15) is 0 Å². The highest BCUT2D eigenvalue weighted by atomic mass is 19.4. The molecule has 2 aliphatic rings. The van der Waals surface area contributed by atoms with Crippen LogP contribution in [-0.4, -0.2) is 40.5 Å². The largest absolute Gasteiger partial charge is 0.417 e. The van der Waals surface area contributed by atoms with E-state index in [4.69, 9.17) is 0 Å². The molecular weight excluding hydrogens is 335 g/mol. The molecule has 0 aromatic carbocycles. The minimum Gasteiger partial charge on any atom is -0.393 e. The first-order chi connectivity index (χ1) is 11.4. The number of carbonyl (C=O) groups excluding carboxylic acids is 1. The van der Waals surface area contributed by atoms with Crippen LogP contribution in [-0.2, 0) is 4.79 Å². The Bertz CT molecular complexity index is 494. The SMILES string of the molecule is CC(CNC(=O)CC(C)(O)C(F)(F)F)[C@H]1CC[C@H]2[C@@H](O)CCC[C@]12C. The number of fused-ring (bicyclic) bond motifs is 1. The van der Waals surface area contributed by atoms with Gasteiger partial charge in [-0.25, -0.2) is 0 Å². The Hall–Kier alpha value is -0.820. The van der Waals surface area contributed by atoms with E-state index < -0.39 is 24.1 Å². The van der Waals surface area contributed by atoms with Crippen LogP contribution in [0.15, 0.2) is 0 Å². The Morgan fingerprint density at radius 2 is 1.96 bits per heavy atom. The van der Waals surface area contributed by atoms with Gasteiger partial charge in [0.2, 0.25) is 5.91 Å². The molecule has 25 heavy (non-hydrogen) atoms. The highest BCUT2D eigenvalue weighted by Gasteiger charge is 2.53. The van der Waals surface area contributed by atoms with Crippen molar-refractivity contribution in [3.05, 3.63) is 0 Å². The summed E-state index contributed by atoms with van der Waals surface area (Å²) in [4.78, 5) is 11.8. The fraction of sp³-hybridized carbons (Fsp3) is 0.944. The summed E-state index contributed by atoms with van der Waals surface area (Å²) < 4.78 is 38.0. The minimum absolute atomic E-state index is 0.0271. The number of carbonyl (C=O) groups is 1. The van der Waals surface area contributed by atoms with E-state index in [1.807, 2.05) is 6.92 Å². The maximum Gasteiger partial charge on any atom is 0.417 e. The van der Waals surface area contributed by atoms with Crippen molar-refractivity contribution in [2.24, 2.45) is 23.2 Å². The van der Waals surface area contributed by atoms with Gasteiger partial charge >= 0.3 is 6.18 Å². The normalized spacial score (nSPS) is 36.4. The standard InChI is InChI=1S/C18H30F3NO3/c1-11(10-22-15(24)9-17(3,25)18(19,20)21)12-6-7-13-14(23)5-4-8-16(12,13)2/h11-14,23,25H,4-10H2,1-3H3,(H,22,24)/t11?,12-,13+,14+,16-,17?/m1/s1. The predicted molar refractivity (Wildman–Crippen MR) is 87.6 cm³/mol. The van der Waals surface area contributed by atoms with E-state index in [2.05, 4.69) is 12.2 Å². The molecule has 0 bridgehead atoms. The highest BCUT2D eigenvalue weighted by Crippen LogP contribution is 2.57. The molecule has 0 saturated heterocycles. The Labute approximate surface area is 147 Å². The van der Waals surface area contributed by atoms with Gasteiger partial charge in [-0.15, -0.1) is 0 Å². The van der Waals surface area contributed by atoms with Gasteiger partial charge in [-0.1, -0.05) is 20.3 Å². The summed E-state index contributed by atoms with van der Waals surface area (Å²) in [5, 5.41) is 22.2. The van der Waals surface area contributed by atoms with Gasteiger partial charge in [-0.2, -0.15) is 13.2 Å². The Morgan fingerprint density at radius 3 is 2.56 bits per heavy atom. The maximum absolute atomic E-state index is 12.7. The van der Waals surface area contributed by atoms with Gasteiger partial charge in [0, 0.05) is 6.54 Å². The van der Waals surface area contributed by atoms with Crippen molar-refractivity contribution in [2.75, 3.05) is 6.54 Å². The highest BCUT2D eigenvalue weighted by molar-refractivity contribution is 5.77. The third kappa shape index (κ3) is 4.13. The molecule has 0 aromatic heterocycles. The Balaban J connectivity index is 1.90. The third-order valence-electron chi connectivity index (χ3n) is 6.59. The summed E-state index contributed by atoms with van der Waals surface area (Å²) in [5.41, 5.74) is -2.99. The molecular formula is C18H30F3NO3. The summed E-state index contributed by atoms with van der Waals surface area (Å²) in [6.07, 6.45) is -1.30. The number of hydrogen-bond donors (Lipinski definition) is 3. The maximum atomic E-state index is 12.7. The van der Waals surface area contributed by atoms with Crippen LogP contribution in [0.4, 0.5) is 13.2 Å². The van der Waals surface area contributed by atoms with Crippen molar-refractivity contribution in [1.29, 1.82) is 0 Å². The fourth-order valence-electron chi connectivity index (χ4n) is 5.02. The summed E-state index contributed by atoms with van der Waals surface area (Å²) in [6.45, 7) is 5.10. The van der Waals surface area contributed by atoms with E-state index in [1.165, 1.54) is 0 Å². The molecule has 2 fully saturated rings. The summed E-state index contributed by atoms with van der Waals surface area (Å²) in [7, 11) is 0. The van der Waals surface area contributed by atoms with E-state index in [1.54, 1.807) is 0 Å². The number of hydrogen-bond acceptors (Lipinski definition) is 3. The molecule has 2 saturated carbocycles. The molecule has 0 radical (unpaired) electrons. The van der Waals surface area contributed by atoms with Crippen molar-refractivity contribution in [3.63, 3.8) is 0 Å². The van der Waals surface area contributed by atoms with Crippen LogP contribution in [0.2, 0.25) is 0 Å². The average molecular weight is 365 g/mol. The molecule has 2 rings (SSSR count). The number of aliphatic hydroxyl groups excluding tert-OH is 1. The van der Waals surface area contributed by atoms with E-state index >= 15 is 0 Å². The topological polar surface area (TPSA) is 69.6 Å². The summed E-state index contributed by atoms with van der Waals surface area (Å²) >= 11 is 0. The van der Waals surface area contributed by atoms with E-state index in [-0.39, 0.29) is 29.9 Å². The molecule has 2 aliphatic carbocycles. The Kier molecular flexibility index (Phi) is 5.79. The second-order valence-electron chi connectivity index (χ2n) is 8.49. The van der Waals surface area contributed by atoms with Gasteiger partial charge in [0.15, 0.2) is 5.60 Å². The van der Waals surface area contributed by atoms with Gasteiger partial charge in [0.25, 0.3) is 0 Å². The fourth-order valence-corrected chi connectivity index (χ4v) is 5.02. The number of nitrogens with one attached hydrogen (secondary N) is 1. The van der Waals surface area contributed by atoms with Crippen molar-refractivity contribution >= 4 is 5.91 Å². The molecule has 2 unspecified atom stereocenters. The molecule has 3 N–H and O–H groups in total. The number of halogens is 3. The zero-order valence-corrected chi connectivity index (χ0v) is 15.2. The van der Waals surface area contributed by atoms with Crippen molar-refractivity contribution in [3.8, 4) is 0 Å². The summed E-state index contributed by atoms with van der Waals surface area (Å²) in [5.74, 6) is -0.0797. The van der Waals surface area contributed by atoms with Crippen molar-refractivity contribution in [2.45, 2.75) is 77.2 Å². The number of rotatable bonds is 5. The van der Waals surface area contributed by atoms with Gasteiger partial charge in [0.05, 0.1) is 12.5 Å². The molecule has 4 nitrogen and oxygen atoms in total. The van der Waals surface area contributed by atoms with E-state index in [0.29, 0.717) is 12.8 Å². The molecule has 0 spiro atoms. The predicted octanol–water partition coefficient (Wildman–Crippen LogP) is 3.02. The van der Waals surface area contributed by atoms with Gasteiger partial charge in [-0.3, -0.25) is 4.79 Å². The first-order valence-electron chi connectivity index (χ1n) is 9.12. The minimum atomic E-state index is -4.83. The summed E-state index contributed by atoms with van der Waals surface area (Å²) in [6, 6.07) is 0. The molecule has 0 aromatic rings. The van der Waals surface area contributed by atoms with Crippen molar-refractivity contribution < 1.29 is 28.2 Å². The van der Waals surface area contributed by atoms with Crippen LogP contribution in [0.25, 0.3) is 0 Å². The van der Waals surface area contributed by atoms with Crippen LogP contribution in [0, 0.1) is 23.2 Å². The Morgan fingerprint density at radius 1 is 1.32 bits per heavy atom. The smallest absolute Gasteiger partial charge is 0.393 e. The van der Waals surface area contributed by atoms with Crippen molar-refractivity contribution in [1.82, 2.24) is 5.32 Å². The lowest BCUT2D eigenvalue weighted by molar-refractivity contribution is -0.253. The monoisotopic (exact) mass is 365 g/mol. The van der Waals surface area contributed by atoms with Crippen LogP contribution in [0.5, 0.6) is 0 Å². The van der Waals surface area contributed by atoms with Crippen LogP contribution in [0.3, 0.4) is 0 Å². The van der Waals surface area contributed by atoms with Gasteiger partial charge in [-0.05, 0) is 55.8 Å². The van der Waals surface area contributed by atoms with E-state index in [9.17, 15) is 28.2 Å². The van der Waals surface area contributed by atoms with Crippen LogP contribution < -0.4 is 5.32 Å². The first kappa shape index (κ1) is 20.5. The lowest BCUT2D eigenvalue weighted by Crippen LogP contribution is -2.47. The first-order valence-corrected chi connectivity index (χ1v) is 9.12.